The molecule has 0 aliphatic carbocycles. The zero-order valence-electron chi connectivity index (χ0n) is 12.7. The number of nitro groups is 1. The van der Waals surface area contributed by atoms with Gasteiger partial charge in [-0.05, 0) is 42.7 Å². The number of amides is 1. The second-order valence-electron chi connectivity index (χ2n) is 5.18. The fraction of sp³-hybridized carbons (Fsp3) is 0.235. The molecule has 1 N–H and O–H groups in total. The summed E-state index contributed by atoms with van der Waals surface area (Å²) >= 11 is 0. The van der Waals surface area contributed by atoms with Crippen LogP contribution in [0.1, 0.15) is 35.7 Å². The molecule has 0 heterocycles. The number of rotatable bonds is 6. The molecule has 0 bridgehead atoms. The van der Waals surface area contributed by atoms with Crippen LogP contribution in [0.5, 0.6) is 0 Å². The summed E-state index contributed by atoms with van der Waals surface area (Å²) in [6.45, 7) is 2.12. The van der Waals surface area contributed by atoms with Crippen molar-refractivity contribution < 1.29 is 14.1 Å². The highest BCUT2D eigenvalue weighted by Gasteiger charge is 2.17. The Hall–Kier alpha value is -2.76. The predicted molar refractivity (Wildman–Crippen MR) is 86.1 cm³/mol. The first kappa shape index (κ1) is 16.6. The van der Waals surface area contributed by atoms with Crippen LogP contribution in [-0.2, 0) is 6.42 Å². The van der Waals surface area contributed by atoms with Crippen LogP contribution >= 0.6 is 0 Å². The van der Waals surface area contributed by atoms with Crippen molar-refractivity contribution in [3.8, 4) is 0 Å². The van der Waals surface area contributed by atoms with Crippen LogP contribution in [0.4, 0.5) is 15.8 Å². The van der Waals surface area contributed by atoms with Gasteiger partial charge < -0.3 is 5.32 Å². The van der Waals surface area contributed by atoms with Crippen LogP contribution in [0, 0.1) is 15.9 Å². The van der Waals surface area contributed by atoms with E-state index in [1.54, 1.807) is 12.1 Å². The fourth-order valence-corrected chi connectivity index (χ4v) is 2.13. The summed E-state index contributed by atoms with van der Waals surface area (Å²) in [5.41, 5.74) is 1.09. The van der Waals surface area contributed by atoms with Crippen LogP contribution in [0.25, 0.3) is 0 Å². The first-order valence-corrected chi connectivity index (χ1v) is 7.35. The van der Waals surface area contributed by atoms with E-state index in [4.69, 9.17) is 0 Å². The van der Waals surface area contributed by atoms with Crippen LogP contribution < -0.4 is 5.32 Å². The molecule has 0 atom stereocenters. The minimum absolute atomic E-state index is 0.0353. The van der Waals surface area contributed by atoms with Crippen molar-refractivity contribution >= 4 is 17.3 Å². The van der Waals surface area contributed by atoms with Crippen LogP contribution in [-0.4, -0.2) is 10.8 Å². The summed E-state index contributed by atoms with van der Waals surface area (Å²) < 4.78 is 13.3. The number of benzene rings is 2. The predicted octanol–water partition coefficient (Wildman–Crippen LogP) is 4.33. The molecule has 0 aliphatic heterocycles. The van der Waals surface area contributed by atoms with Crippen molar-refractivity contribution in [2.24, 2.45) is 0 Å². The van der Waals surface area contributed by atoms with Gasteiger partial charge >= 0.3 is 5.69 Å². The summed E-state index contributed by atoms with van der Waals surface area (Å²) in [7, 11) is 0. The van der Waals surface area contributed by atoms with E-state index in [-0.39, 0.29) is 5.56 Å². The number of hydrogen-bond acceptors (Lipinski definition) is 3. The number of nitro benzene ring substituents is 1. The third-order valence-corrected chi connectivity index (χ3v) is 3.44. The van der Waals surface area contributed by atoms with Gasteiger partial charge in [0, 0.05) is 17.3 Å². The number of nitrogens with zero attached hydrogens (tertiary/aromatic N) is 1. The molecule has 0 saturated carbocycles. The number of carbonyl (C=O) groups is 1. The summed E-state index contributed by atoms with van der Waals surface area (Å²) in [6, 6.07) is 10.5. The van der Waals surface area contributed by atoms with Crippen molar-refractivity contribution in [3.63, 3.8) is 0 Å². The van der Waals surface area contributed by atoms with Gasteiger partial charge in [0.2, 0.25) is 5.82 Å². The third-order valence-electron chi connectivity index (χ3n) is 3.44. The largest absolute Gasteiger partial charge is 0.322 e. The molecule has 0 radical (unpaired) electrons. The van der Waals surface area contributed by atoms with Crippen LogP contribution in [0.15, 0.2) is 42.5 Å². The molecule has 5 nitrogen and oxygen atoms in total. The Kier molecular flexibility index (Phi) is 5.41. The molecule has 120 valence electrons. The van der Waals surface area contributed by atoms with E-state index in [1.807, 2.05) is 12.1 Å². The number of halogens is 1. The van der Waals surface area contributed by atoms with Crippen LogP contribution in [0.2, 0.25) is 0 Å². The maximum absolute atomic E-state index is 13.3. The molecule has 2 rings (SSSR count). The Morgan fingerprint density at radius 3 is 2.52 bits per heavy atom. The lowest BCUT2D eigenvalue weighted by Crippen LogP contribution is -2.12. The minimum Gasteiger partial charge on any atom is -0.322 e. The quantitative estimate of drug-likeness (QED) is 0.637. The number of nitrogens with one attached hydrogen (secondary N) is 1. The van der Waals surface area contributed by atoms with Gasteiger partial charge in [-0.1, -0.05) is 25.5 Å². The van der Waals surface area contributed by atoms with Gasteiger partial charge in [-0.2, -0.15) is 4.39 Å². The Bertz CT molecular complexity index is 714. The second kappa shape index (κ2) is 7.49. The second-order valence-corrected chi connectivity index (χ2v) is 5.18. The highest BCUT2D eigenvalue weighted by atomic mass is 19.1. The molecule has 2 aromatic carbocycles. The Balaban J connectivity index is 2.10. The Morgan fingerprint density at radius 1 is 1.22 bits per heavy atom. The first-order valence-electron chi connectivity index (χ1n) is 7.35. The lowest BCUT2D eigenvalue weighted by Gasteiger charge is -2.07. The van der Waals surface area contributed by atoms with E-state index >= 15 is 0 Å². The average molecular weight is 316 g/mol. The molecule has 0 saturated heterocycles. The highest BCUT2D eigenvalue weighted by Crippen LogP contribution is 2.20. The van der Waals surface area contributed by atoms with Crippen molar-refractivity contribution in [1.82, 2.24) is 0 Å². The molecule has 1 amide bonds. The zero-order chi connectivity index (χ0) is 16.8. The molecule has 0 aromatic heterocycles. The molecule has 23 heavy (non-hydrogen) atoms. The van der Waals surface area contributed by atoms with E-state index in [0.29, 0.717) is 5.69 Å². The van der Waals surface area contributed by atoms with Crippen molar-refractivity contribution in [2.75, 3.05) is 5.32 Å². The number of unbranched alkanes of at least 4 members (excludes halogenated alkanes) is 1. The maximum Gasteiger partial charge on any atom is 0.305 e. The highest BCUT2D eigenvalue weighted by molar-refractivity contribution is 6.04. The Labute approximate surface area is 133 Å². The minimum atomic E-state index is -0.966. The standard InChI is InChI=1S/C17H17FN2O3/c1-2-3-4-12-5-8-14(9-6-12)19-17(21)13-7-10-15(18)16(11-13)20(22)23/h5-11H,2-4H2,1H3,(H,19,21). The van der Waals surface area contributed by atoms with E-state index in [9.17, 15) is 19.3 Å². The lowest BCUT2D eigenvalue weighted by atomic mass is 10.1. The molecule has 0 aliphatic rings. The molecule has 2 aromatic rings. The van der Waals surface area contributed by atoms with E-state index in [2.05, 4.69) is 12.2 Å². The van der Waals surface area contributed by atoms with Gasteiger partial charge in [0.15, 0.2) is 0 Å². The van der Waals surface area contributed by atoms with Gasteiger partial charge in [-0.15, -0.1) is 0 Å². The van der Waals surface area contributed by atoms with Gasteiger partial charge in [0.05, 0.1) is 4.92 Å². The molecule has 6 heteroatoms. The average Bonchev–Trinajstić information content (AvgIpc) is 2.54. The smallest absolute Gasteiger partial charge is 0.305 e. The third kappa shape index (κ3) is 4.35. The van der Waals surface area contributed by atoms with Gasteiger partial charge in [0.1, 0.15) is 0 Å². The number of anilines is 1. The topological polar surface area (TPSA) is 72.2 Å². The fourth-order valence-electron chi connectivity index (χ4n) is 2.13. The van der Waals surface area contributed by atoms with Crippen molar-refractivity contribution in [2.45, 2.75) is 26.2 Å². The SMILES string of the molecule is CCCCc1ccc(NC(=O)c2ccc(F)c([N+](=O)[O-])c2)cc1. The van der Waals surface area contributed by atoms with E-state index in [1.165, 1.54) is 11.6 Å². The number of carbonyl (C=O) groups excluding carboxylic acids is 1. The van der Waals surface area contributed by atoms with Crippen molar-refractivity contribution in [1.29, 1.82) is 0 Å². The van der Waals surface area contributed by atoms with Gasteiger partial charge in [-0.3, -0.25) is 14.9 Å². The number of aryl methyl sites for hydroxylation is 1. The Morgan fingerprint density at radius 2 is 1.91 bits per heavy atom. The van der Waals surface area contributed by atoms with Gasteiger partial charge in [-0.25, -0.2) is 0 Å². The summed E-state index contributed by atoms with van der Waals surface area (Å²) in [5.74, 6) is -1.48. The lowest BCUT2D eigenvalue weighted by molar-refractivity contribution is -0.387. The zero-order valence-corrected chi connectivity index (χ0v) is 12.7. The molecule has 0 fully saturated rings. The monoisotopic (exact) mass is 316 g/mol. The molecule has 0 unspecified atom stereocenters. The molecular formula is C17H17FN2O3. The van der Waals surface area contributed by atoms with Crippen molar-refractivity contribution in [3.05, 3.63) is 69.5 Å². The van der Waals surface area contributed by atoms with Crippen LogP contribution in [0.3, 0.4) is 0 Å². The summed E-state index contributed by atoms with van der Waals surface area (Å²) in [5, 5.41) is 13.4. The summed E-state index contributed by atoms with van der Waals surface area (Å²) in [4.78, 5) is 22.0. The molecule has 0 spiro atoms. The normalized spacial score (nSPS) is 10.3. The van der Waals surface area contributed by atoms with E-state index in [0.717, 1.165) is 31.4 Å². The van der Waals surface area contributed by atoms with E-state index < -0.39 is 22.3 Å². The number of hydrogen-bond donors (Lipinski definition) is 1. The van der Waals surface area contributed by atoms with Gasteiger partial charge in [0.25, 0.3) is 5.91 Å². The molecular weight excluding hydrogens is 299 g/mol. The summed E-state index contributed by atoms with van der Waals surface area (Å²) in [6.07, 6.45) is 3.20. The first-order chi connectivity index (χ1) is 11.0. The maximum atomic E-state index is 13.3.